The minimum absolute atomic E-state index is 0.00985. The van der Waals surface area contributed by atoms with E-state index in [1.165, 1.54) is 45.4 Å². The Labute approximate surface area is 309 Å². The van der Waals surface area contributed by atoms with Gasteiger partial charge in [-0.3, -0.25) is 9.59 Å². The fraction of sp³-hybridized carbons (Fsp3) is 0.475. The summed E-state index contributed by atoms with van der Waals surface area (Å²) < 4.78 is 7.62. The molecule has 9 nitrogen and oxygen atoms in total. The van der Waals surface area contributed by atoms with E-state index in [4.69, 9.17) is 38.7 Å². The van der Waals surface area contributed by atoms with Gasteiger partial charge < -0.3 is 30.4 Å². The summed E-state index contributed by atoms with van der Waals surface area (Å²) in [6.07, 6.45) is 8.16. The van der Waals surface area contributed by atoms with Gasteiger partial charge in [0.05, 0.1) is 34.2 Å². The molecule has 4 aliphatic carbocycles. The van der Waals surface area contributed by atoms with E-state index < -0.39 is 5.91 Å². The van der Waals surface area contributed by atoms with E-state index in [-0.39, 0.29) is 37.1 Å². The molecule has 270 valence electrons. The van der Waals surface area contributed by atoms with Crippen LogP contribution in [0.1, 0.15) is 69.0 Å². The number of hydrogen-bond acceptors (Lipinski definition) is 7. The van der Waals surface area contributed by atoms with Gasteiger partial charge in [0.15, 0.2) is 0 Å². The molecule has 4 aliphatic rings. The lowest BCUT2D eigenvalue weighted by molar-refractivity contribution is -0.140. The second kappa shape index (κ2) is 15.2. The van der Waals surface area contributed by atoms with E-state index >= 15 is 0 Å². The largest absolute Gasteiger partial charge is 0.464 e. The molecule has 4 saturated carbocycles. The predicted molar refractivity (Wildman–Crippen MR) is 202 cm³/mol. The van der Waals surface area contributed by atoms with Crippen LogP contribution in [0.3, 0.4) is 0 Å². The van der Waals surface area contributed by atoms with Crippen LogP contribution in [0.15, 0.2) is 60.7 Å². The number of rotatable bonds is 15. The van der Waals surface area contributed by atoms with Crippen LogP contribution in [0.2, 0.25) is 10.0 Å². The summed E-state index contributed by atoms with van der Waals surface area (Å²) in [6.45, 7) is 3.97. The molecule has 1 aromatic heterocycles. The SMILES string of the molecule is CC(=O)OCCN(CCO)c1ccc(-c2nc3cc(C(CC(N)=O)NCc4ccc(Cl)c(Cl)c4)ccc3n2CC23CC4CC(CC(C4)C2)C3)cc1. The number of aliphatic hydroxyl groups excluding tert-OH is 1. The normalized spacial score (nSPS) is 22.7. The number of anilines is 1. The molecular weight excluding hydrogens is 685 g/mol. The first-order valence-electron chi connectivity index (χ1n) is 18.1. The molecule has 0 radical (unpaired) electrons. The second-order valence-electron chi connectivity index (χ2n) is 15.1. The maximum Gasteiger partial charge on any atom is 0.302 e. The van der Waals surface area contributed by atoms with Crippen molar-refractivity contribution in [3.8, 4) is 11.4 Å². The molecule has 8 rings (SSSR count). The molecule has 11 heteroatoms. The Morgan fingerprint density at radius 3 is 2.33 bits per heavy atom. The van der Waals surface area contributed by atoms with E-state index in [0.717, 1.165) is 63.5 Å². The number of halogens is 2. The summed E-state index contributed by atoms with van der Waals surface area (Å²) in [7, 11) is 0. The van der Waals surface area contributed by atoms with Crippen molar-refractivity contribution >= 4 is 51.8 Å². The summed E-state index contributed by atoms with van der Waals surface area (Å²) in [6, 6.07) is 19.8. The Bertz CT molecular complexity index is 1860. The van der Waals surface area contributed by atoms with Crippen LogP contribution >= 0.6 is 23.2 Å². The zero-order chi connectivity index (χ0) is 35.7. The van der Waals surface area contributed by atoms with Crippen LogP contribution < -0.4 is 16.0 Å². The molecule has 1 amide bonds. The van der Waals surface area contributed by atoms with Crippen LogP contribution in [-0.2, 0) is 27.4 Å². The molecule has 0 spiro atoms. The Morgan fingerprint density at radius 1 is 1.00 bits per heavy atom. The molecule has 4 fully saturated rings. The van der Waals surface area contributed by atoms with Crippen LogP contribution in [0.4, 0.5) is 5.69 Å². The third-order valence-corrected chi connectivity index (χ3v) is 12.0. The summed E-state index contributed by atoms with van der Waals surface area (Å²) in [5.41, 5.74) is 11.8. The lowest BCUT2D eigenvalue weighted by atomic mass is 9.49. The highest BCUT2D eigenvalue weighted by molar-refractivity contribution is 6.42. The number of benzene rings is 3. The molecule has 0 aliphatic heterocycles. The number of aromatic nitrogens is 2. The fourth-order valence-electron chi connectivity index (χ4n) is 9.57. The zero-order valence-electron chi connectivity index (χ0n) is 29.1. The van der Waals surface area contributed by atoms with Gasteiger partial charge in [-0.05, 0) is 121 Å². The van der Waals surface area contributed by atoms with Crippen molar-refractivity contribution in [1.82, 2.24) is 14.9 Å². The highest BCUT2D eigenvalue weighted by Gasteiger charge is 2.51. The van der Waals surface area contributed by atoms with Crippen molar-refractivity contribution < 1.29 is 19.4 Å². The van der Waals surface area contributed by atoms with Crippen molar-refractivity contribution in [2.45, 2.75) is 71.0 Å². The molecule has 4 N–H and O–H groups in total. The molecule has 1 unspecified atom stereocenters. The van der Waals surface area contributed by atoms with Gasteiger partial charge in [0, 0.05) is 50.3 Å². The molecular formula is C40H47Cl2N5O4. The number of fused-ring (bicyclic) bond motifs is 1. The third-order valence-electron chi connectivity index (χ3n) is 11.3. The van der Waals surface area contributed by atoms with Gasteiger partial charge in [0.2, 0.25) is 5.91 Å². The van der Waals surface area contributed by atoms with E-state index in [0.29, 0.717) is 29.7 Å². The zero-order valence-corrected chi connectivity index (χ0v) is 30.6. The van der Waals surface area contributed by atoms with E-state index in [9.17, 15) is 14.7 Å². The topological polar surface area (TPSA) is 123 Å². The van der Waals surface area contributed by atoms with Crippen molar-refractivity contribution in [2.75, 3.05) is 31.2 Å². The molecule has 4 aromatic rings. The van der Waals surface area contributed by atoms with Gasteiger partial charge in [-0.2, -0.15) is 0 Å². The standard InChI is InChI=1S/C40H47Cl2N5O4/c1-25(49)51-13-11-46(10-12-48)32-6-3-30(4-7-32)39-45-36-18-31(35(19-38(43)50)44-23-26-2-8-33(41)34(42)17-26)5-9-37(36)47(39)24-40-20-27-14-28(21-40)16-29(15-27)22-40/h2-9,17-18,27-29,35,44,48H,10-16,19-24H2,1H3,(H2,43,50). The average Bonchev–Trinajstić information content (AvgIpc) is 3.43. The van der Waals surface area contributed by atoms with Gasteiger partial charge in [0.1, 0.15) is 12.4 Å². The van der Waals surface area contributed by atoms with Crippen LogP contribution in [-0.4, -0.2) is 52.8 Å². The highest BCUT2D eigenvalue weighted by Crippen LogP contribution is 2.61. The summed E-state index contributed by atoms with van der Waals surface area (Å²) in [4.78, 5) is 30.9. The number of nitrogens with one attached hydrogen (secondary N) is 1. The van der Waals surface area contributed by atoms with Crippen molar-refractivity contribution in [2.24, 2.45) is 28.9 Å². The number of aliphatic hydroxyl groups is 1. The Kier molecular flexibility index (Phi) is 10.6. The number of amides is 1. The minimum Gasteiger partial charge on any atom is -0.464 e. The predicted octanol–water partition coefficient (Wildman–Crippen LogP) is 7.29. The van der Waals surface area contributed by atoms with Gasteiger partial charge in [0.25, 0.3) is 0 Å². The number of ether oxygens (including phenoxy) is 1. The van der Waals surface area contributed by atoms with Crippen LogP contribution in [0, 0.1) is 23.2 Å². The second-order valence-corrected chi connectivity index (χ2v) is 16.0. The first kappa shape index (κ1) is 35.8. The quantitative estimate of drug-likeness (QED) is 0.110. The Hall–Kier alpha value is -3.63. The number of hydrogen-bond donors (Lipinski definition) is 3. The number of esters is 1. The smallest absolute Gasteiger partial charge is 0.302 e. The lowest BCUT2D eigenvalue weighted by Gasteiger charge is -2.57. The number of primary amides is 1. The van der Waals surface area contributed by atoms with Gasteiger partial charge >= 0.3 is 5.97 Å². The van der Waals surface area contributed by atoms with Crippen molar-refractivity contribution in [3.05, 3.63) is 81.8 Å². The minimum atomic E-state index is -0.391. The summed E-state index contributed by atoms with van der Waals surface area (Å²) >= 11 is 12.4. The van der Waals surface area contributed by atoms with Crippen molar-refractivity contribution in [1.29, 1.82) is 0 Å². The molecule has 1 atom stereocenters. The third kappa shape index (κ3) is 8.07. The molecule has 0 saturated heterocycles. The average molecular weight is 733 g/mol. The van der Waals surface area contributed by atoms with Gasteiger partial charge in [-0.15, -0.1) is 0 Å². The first-order valence-corrected chi connectivity index (χ1v) is 18.9. The maximum absolute atomic E-state index is 12.2. The van der Waals surface area contributed by atoms with Gasteiger partial charge in [-0.1, -0.05) is 35.3 Å². The number of nitrogens with zero attached hydrogens (tertiary/aromatic N) is 3. The van der Waals surface area contributed by atoms with E-state index in [2.05, 4.69) is 52.3 Å². The Balaban J connectivity index is 1.22. The van der Waals surface area contributed by atoms with E-state index in [1.54, 1.807) is 6.07 Å². The number of carbonyl (C=O) groups excluding carboxylic acids is 2. The monoisotopic (exact) mass is 731 g/mol. The number of nitrogens with two attached hydrogens (primary N) is 1. The fourth-order valence-corrected chi connectivity index (χ4v) is 9.90. The van der Waals surface area contributed by atoms with Crippen molar-refractivity contribution in [3.63, 3.8) is 0 Å². The number of carbonyl (C=O) groups is 2. The molecule has 3 aromatic carbocycles. The molecule has 1 heterocycles. The highest BCUT2D eigenvalue weighted by atomic mass is 35.5. The number of imidazole rings is 1. The summed E-state index contributed by atoms with van der Waals surface area (Å²) in [5, 5.41) is 14.2. The summed E-state index contributed by atoms with van der Waals surface area (Å²) in [5.74, 6) is 2.72. The van der Waals surface area contributed by atoms with Crippen LogP contribution in [0.25, 0.3) is 22.4 Å². The lowest BCUT2D eigenvalue weighted by Crippen LogP contribution is -2.47. The molecule has 4 bridgehead atoms. The first-order chi connectivity index (χ1) is 24.6. The molecule has 51 heavy (non-hydrogen) atoms. The maximum atomic E-state index is 12.2. The Morgan fingerprint density at radius 2 is 1.71 bits per heavy atom. The van der Waals surface area contributed by atoms with Crippen LogP contribution in [0.5, 0.6) is 0 Å². The van der Waals surface area contributed by atoms with Gasteiger partial charge in [-0.25, -0.2) is 4.98 Å². The van der Waals surface area contributed by atoms with E-state index in [1.807, 2.05) is 17.0 Å².